The minimum Gasteiger partial charge on any atom is -0.459 e. The van der Waals surface area contributed by atoms with Crippen molar-refractivity contribution in [3.05, 3.63) is 35.9 Å². The molecule has 3 heteroatoms. The van der Waals surface area contributed by atoms with E-state index in [1.165, 1.54) is 19.3 Å². The van der Waals surface area contributed by atoms with Crippen molar-refractivity contribution in [2.45, 2.75) is 63.3 Å². The van der Waals surface area contributed by atoms with E-state index in [1.54, 1.807) is 0 Å². The molecule has 0 bridgehead atoms. The monoisotopic (exact) mass is 286 g/mol. The van der Waals surface area contributed by atoms with Gasteiger partial charge in [0.2, 0.25) is 0 Å². The Morgan fingerprint density at radius 3 is 2.86 bits per heavy atom. The zero-order valence-electron chi connectivity index (χ0n) is 12.5. The van der Waals surface area contributed by atoms with Gasteiger partial charge in [-0.1, -0.05) is 31.5 Å². The van der Waals surface area contributed by atoms with Crippen LogP contribution in [0.4, 0.5) is 0 Å². The van der Waals surface area contributed by atoms with Crippen molar-refractivity contribution < 1.29 is 14.3 Å². The highest BCUT2D eigenvalue weighted by Gasteiger charge is 2.70. The van der Waals surface area contributed by atoms with Crippen LogP contribution in [0.1, 0.15) is 55.8 Å². The molecule has 2 aliphatic carbocycles. The van der Waals surface area contributed by atoms with Gasteiger partial charge in [0.25, 0.3) is 0 Å². The molecule has 3 fully saturated rings. The third-order valence-electron chi connectivity index (χ3n) is 5.86. The Morgan fingerprint density at radius 2 is 2.05 bits per heavy atom. The molecule has 1 saturated heterocycles. The summed E-state index contributed by atoms with van der Waals surface area (Å²) in [6.07, 6.45) is 7.08. The average Bonchev–Trinajstić information content (AvgIpc) is 3.21. The number of hydrogen-bond acceptors (Lipinski definition) is 3. The number of benzene rings is 1. The number of rotatable bonds is 2. The summed E-state index contributed by atoms with van der Waals surface area (Å²) in [5, 5.41) is 0. The summed E-state index contributed by atoms with van der Waals surface area (Å²) >= 11 is 0. The molecule has 1 spiro atoms. The zero-order chi connectivity index (χ0) is 14.5. The molecule has 21 heavy (non-hydrogen) atoms. The number of carbonyl (C=O) groups is 1. The molecule has 0 aromatic heterocycles. The van der Waals surface area contributed by atoms with Gasteiger partial charge in [-0.25, -0.2) is 4.79 Å². The van der Waals surface area contributed by atoms with Crippen molar-refractivity contribution in [1.29, 1.82) is 0 Å². The lowest BCUT2D eigenvalue weighted by molar-refractivity contribution is -0.0331. The second-order valence-corrected chi connectivity index (χ2v) is 7.09. The van der Waals surface area contributed by atoms with E-state index in [9.17, 15) is 4.79 Å². The molecule has 4 atom stereocenters. The highest BCUT2D eigenvalue weighted by Crippen LogP contribution is 2.64. The first-order chi connectivity index (χ1) is 10.1. The highest BCUT2D eigenvalue weighted by molar-refractivity contribution is 5.89. The summed E-state index contributed by atoms with van der Waals surface area (Å²) in [5.74, 6) is -0.200. The van der Waals surface area contributed by atoms with Crippen LogP contribution in [0.2, 0.25) is 0 Å². The average molecular weight is 286 g/mol. The fourth-order valence-corrected chi connectivity index (χ4v) is 4.51. The van der Waals surface area contributed by atoms with E-state index in [1.807, 2.05) is 30.3 Å². The van der Waals surface area contributed by atoms with E-state index in [0.29, 0.717) is 17.1 Å². The smallest absolute Gasteiger partial charge is 0.338 e. The second-order valence-electron chi connectivity index (χ2n) is 7.09. The fraction of sp³-hybridized carbons (Fsp3) is 0.611. The van der Waals surface area contributed by atoms with Gasteiger partial charge in [0.15, 0.2) is 0 Å². The normalized spacial score (nSPS) is 40.8. The van der Waals surface area contributed by atoms with E-state index in [4.69, 9.17) is 9.47 Å². The van der Waals surface area contributed by atoms with E-state index >= 15 is 0 Å². The van der Waals surface area contributed by atoms with Crippen LogP contribution in [0, 0.1) is 5.41 Å². The maximum absolute atomic E-state index is 12.2. The van der Waals surface area contributed by atoms with E-state index in [2.05, 4.69) is 6.92 Å². The summed E-state index contributed by atoms with van der Waals surface area (Å²) in [4.78, 5) is 12.2. The number of epoxide rings is 1. The predicted octanol–water partition coefficient (Wildman–Crippen LogP) is 3.72. The second kappa shape index (κ2) is 4.57. The lowest BCUT2D eigenvalue weighted by atomic mass is 9.59. The summed E-state index contributed by atoms with van der Waals surface area (Å²) in [6.45, 7) is 2.36. The predicted molar refractivity (Wildman–Crippen MR) is 79.1 cm³/mol. The molecule has 112 valence electrons. The van der Waals surface area contributed by atoms with Gasteiger partial charge in [-0.15, -0.1) is 0 Å². The molecule has 0 radical (unpaired) electrons. The maximum atomic E-state index is 12.2. The third-order valence-corrected chi connectivity index (χ3v) is 5.86. The van der Waals surface area contributed by atoms with Crippen molar-refractivity contribution in [3.8, 4) is 0 Å². The molecule has 1 heterocycles. The van der Waals surface area contributed by atoms with Crippen LogP contribution in [0.15, 0.2) is 30.3 Å². The lowest BCUT2D eigenvalue weighted by Gasteiger charge is -2.45. The van der Waals surface area contributed by atoms with Gasteiger partial charge in [-0.05, 0) is 43.2 Å². The Hall–Kier alpha value is -1.35. The molecule has 1 aromatic carbocycles. The molecule has 0 N–H and O–H groups in total. The molecule has 0 unspecified atom stereocenters. The van der Waals surface area contributed by atoms with E-state index in [0.717, 1.165) is 19.3 Å². The quantitative estimate of drug-likeness (QED) is 0.614. The minimum atomic E-state index is -0.200. The summed E-state index contributed by atoms with van der Waals surface area (Å²) in [5.41, 5.74) is 0.941. The van der Waals surface area contributed by atoms with Crippen LogP contribution in [0.3, 0.4) is 0 Å². The number of esters is 1. The number of ether oxygens (including phenoxy) is 2. The van der Waals surface area contributed by atoms with Gasteiger partial charge in [-0.3, -0.25) is 0 Å². The van der Waals surface area contributed by atoms with Crippen LogP contribution in [0.25, 0.3) is 0 Å². The molecule has 1 aliphatic heterocycles. The zero-order valence-corrected chi connectivity index (χ0v) is 12.5. The van der Waals surface area contributed by atoms with Gasteiger partial charge in [0, 0.05) is 6.42 Å². The number of carbonyl (C=O) groups excluding carboxylic acids is 1. The summed E-state index contributed by atoms with van der Waals surface area (Å²) < 4.78 is 11.8. The molecule has 2 saturated carbocycles. The highest BCUT2D eigenvalue weighted by atomic mass is 16.6. The van der Waals surface area contributed by atoms with Crippen molar-refractivity contribution >= 4 is 5.97 Å². The molecule has 1 aromatic rings. The minimum absolute atomic E-state index is 0.00509. The van der Waals surface area contributed by atoms with E-state index in [-0.39, 0.29) is 17.7 Å². The molecular formula is C18H22O3. The summed E-state index contributed by atoms with van der Waals surface area (Å²) in [6, 6.07) is 9.27. The van der Waals surface area contributed by atoms with Crippen LogP contribution in [0.5, 0.6) is 0 Å². The molecular weight excluding hydrogens is 264 g/mol. The Kier molecular flexibility index (Phi) is 2.90. The van der Waals surface area contributed by atoms with Gasteiger partial charge in [-0.2, -0.15) is 0 Å². The van der Waals surface area contributed by atoms with Gasteiger partial charge < -0.3 is 9.47 Å². The fourth-order valence-electron chi connectivity index (χ4n) is 4.51. The molecule has 3 aliphatic rings. The maximum Gasteiger partial charge on any atom is 0.338 e. The Bertz CT molecular complexity index is 555. The van der Waals surface area contributed by atoms with Gasteiger partial charge in [0.1, 0.15) is 11.7 Å². The van der Waals surface area contributed by atoms with Crippen molar-refractivity contribution in [1.82, 2.24) is 0 Å². The standard InChI is InChI=1S/C18H22O3/c1-17-10-5-8-15-18(17,21-15)12-14(9-11-17)20-16(19)13-6-3-2-4-7-13/h2-4,6-7,14-15H,5,8-12H2,1H3/t14-,15-,17-,18-/m0/s1. The van der Waals surface area contributed by atoms with Crippen LogP contribution < -0.4 is 0 Å². The first-order valence-electron chi connectivity index (χ1n) is 8.07. The SMILES string of the molecule is C[C@@]12CCC[C@@H]3O[C@@]31C[C@@H](OC(=O)c1ccccc1)CC2. The first-order valence-corrected chi connectivity index (χ1v) is 8.07. The number of hydrogen-bond donors (Lipinski definition) is 0. The Balaban J connectivity index is 1.46. The Labute approximate surface area is 125 Å². The molecule has 4 rings (SSSR count). The third kappa shape index (κ3) is 2.02. The van der Waals surface area contributed by atoms with Gasteiger partial charge in [0.05, 0.1) is 11.7 Å². The largest absolute Gasteiger partial charge is 0.459 e. The van der Waals surface area contributed by atoms with Crippen LogP contribution >= 0.6 is 0 Å². The van der Waals surface area contributed by atoms with Crippen molar-refractivity contribution in [3.63, 3.8) is 0 Å². The molecule has 3 nitrogen and oxygen atoms in total. The van der Waals surface area contributed by atoms with Gasteiger partial charge >= 0.3 is 5.97 Å². The first kappa shape index (κ1) is 13.3. The van der Waals surface area contributed by atoms with Crippen molar-refractivity contribution in [2.24, 2.45) is 5.41 Å². The summed E-state index contributed by atoms with van der Waals surface area (Å²) in [7, 11) is 0. The topological polar surface area (TPSA) is 38.8 Å². The van der Waals surface area contributed by atoms with Crippen LogP contribution in [-0.4, -0.2) is 23.8 Å². The van der Waals surface area contributed by atoms with Crippen LogP contribution in [-0.2, 0) is 9.47 Å². The van der Waals surface area contributed by atoms with Crippen molar-refractivity contribution in [2.75, 3.05) is 0 Å². The van der Waals surface area contributed by atoms with E-state index < -0.39 is 0 Å². The molecule has 0 amide bonds. The Morgan fingerprint density at radius 1 is 1.24 bits per heavy atom. The lowest BCUT2D eigenvalue weighted by Crippen LogP contribution is -2.48.